The van der Waals surface area contributed by atoms with Crippen molar-refractivity contribution in [2.75, 3.05) is 7.11 Å². The molecule has 0 saturated carbocycles. The Morgan fingerprint density at radius 1 is 1.17 bits per heavy atom. The van der Waals surface area contributed by atoms with Gasteiger partial charge < -0.3 is 19.7 Å². The van der Waals surface area contributed by atoms with Gasteiger partial charge in [0.05, 0.1) is 7.11 Å². The highest BCUT2D eigenvalue weighted by Gasteiger charge is 2.30. The molecule has 2 rings (SSSR count). The zero-order valence-corrected chi connectivity index (χ0v) is 14.1. The molecule has 0 radical (unpaired) electrons. The first-order valence-electron chi connectivity index (χ1n) is 7.63. The second-order valence-electron chi connectivity index (χ2n) is 5.97. The van der Waals surface area contributed by atoms with Gasteiger partial charge in [-0.1, -0.05) is 36.4 Å². The second kappa shape index (κ2) is 7.36. The van der Waals surface area contributed by atoms with Crippen molar-refractivity contribution in [3.8, 4) is 11.5 Å². The highest BCUT2D eigenvalue weighted by molar-refractivity contribution is 5.77. The van der Waals surface area contributed by atoms with Gasteiger partial charge in [0.25, 0.3) is 0 Å². The Morgan fingerprint density at radius 2 is 1.83 bits per heavy atom. The Balaban J connectivity index is 2.22. The molecule has 0 heterocycles. The van der Waals surface area contributed by atoms with Crippen LogP contribution in [0.2, 0.25) is 0 Å². The van der Waals surface area contributed by atoms with E-state index in [1.54, 1.807) is 12.1 Å². The van der Waals surface area contributed by atoms with Crippen molar-refractivity contribution in [2.24, 2.45) is 0 Å². The van der Waals surface area contributed by atoms with Crippen LogP contribution in [0.1, 0.15) is 23.6 Å². The summed E-state index contributed by atoms with van der Waals surface area (Å²) in [7, 11) is 1.53. The van der Waals surface area contributed by atoms with Gasteiger partial charge in [-0.3, -0.25) is 0 Å². The molecule has 0 unspecified atom stereocenters. The first kappa shape index (κ1) is 17.8. The van der Waals surface area contributed by atoms with E-state index in [1.165, 1.54) is 14.0 Å². The zero-order valence-electron chi connectivity index (χ0n) is 14.1. The molecule has 0 aromatic heterocycles. The molecule has 0 spiro atoms. The van der Waals surface area contributed by atoms with Crippen LogP contribution in [0, 0.1) is 6.92 Å². The van der Waals surface area contributed by atoms with Gasteiger partial charge >= 0.3 is 5.97 Å². The van der Waals surface area contributed by atoms with Crippen LogP contribution in [0.3, 0.4) is 0 Å². The lowest BCUT2D eigenvalue weighted by atomic mass is 9.95. The van der Waals surface area contributed by atoms with Crippen molar-refractivity contribution in [2.45, 2.75) is 32.5 Å². The molecule has 0 aliphatic heterocycles. The molecule has 0 aliphatic rings. The van der Waals surface area contributed by atoms with Crippen molar-refractivity contribution in [3.05, 3.63) is 59.2 Å². The number of ether oxygens (including phenoxy) is 2. The lowest BCUT2D eigenvalue weighted by molar-refractivity contribution is -0.156. The van der Waals surface area contributed by atoms with Gasteiger partial charge in [-0.05, 0) is 36.6 Å². The van der Waals surface area contributed by atoms with E-state index in [4.69, 9.17) is 14.6 Å². The van der Waals surface area contributed by atoms with Crippen LogP contribution in [0.4, 0.5) is 0 Å². The second-order valence-corrected chi connectivity index (χ2v) is 5.97. The maximum absolute atomic E-state index is 11.1. The molecular formula is C19H22O5. The number of carboxylic acid groups (broad SMARTS) is 1. The summed E-state index contributed by atoms with van der Waals surface area (Å²) in [6, 6.07) is 13.3. The molecule has 0 saturated heterocycles. The molecule has 0 amide bonds. The Bertz CT molecular complexity index is 707. The number of benzene rings is 2. The smallest absolute Gasteiger partial charge is 0.335 e. The van der Waals surface area contributed by atoms with Crippen molar-refractivity contribution in [3.63, 3.8) is 0 Å². The summed E-state index contributed by atoms with van der Waals surface area (Å²) in [5.41, 5.74) is 0.700. The van der Waals surface area contributed by atoms with E-state index in [9.17, 15) is 9.90 Å². The lowest BCUT2D eigenvalue weighted by Gasteiger charge is -2.20. The van der Waals surface area contributed by atoms with Gasteiger partial charge in [0.1, 0.15) is 6.61 Å². The summed E-state index contributed by atoms with van der Waals surface area (Å²) >= 11 is 0. The predicted octanol–water partition coefficient (Wildman–Crippen LogP) is 2.96. The SMILES string of the molecule is COc1cc(C[C@@](C)(O)C(=O)O)cc(C)c1OCc1ccccc1. The number of aliphatic hydroxyl groups is 1. The fraction of sp³-hybridized carbons (Fsp3) is 0.316. The van der Waals surface area contributed by atoms with Crippen molar-refractivity contribution in [1.82, 2.24) is 0 Å². The number of methoxy groups -OCH3 is 1. The van der Waals surface area contributed by atoms with Crippen molar-refractivity contribution >= 4 is 5.97 Å². The molecule has 24 heavy (non-hydrogen) atoms. The Labute approximate surface area is 141 Å². The van der Waals surface area contributed by atoms with Gasteiger partial charge in [0.15, 0.2) is 17.1 Å². The van der Waals surface area contributed by atoms with E-state index >= 15 is 0 Å². The van der Waals surface area contributed by atoms with Crippen LogP contribution in [0.25, 0.3) is 0 Å². The molecule has 0 fully saturated rings. The summed E-state index contributed by atoms with van der Waals surface area (Å²) in [6.07, 6.45) is -0.0154. The van der Waals surface area contributed by atoms with E-state index in [2.05, 4.69) is 0 Å². The number of rotatable bonds is 7. The number of carboxylic acids is 1. The van der Waals surface area contributed by atoms with Crippen molar-refractivity contribution < 1.29 is 24.5 Å². The number of aliphatic carboxylic acids is 1. The maximum atomic E-state index is 11.1. The standard InChI is InChI=1S/C19H22O5/c1-13-9-15(11-19(2,22)18(20)21)10-16(23-3)17(13)24-12-14-7-5-4-6-8-14/h4-10,22H,11-12H2,1-3H3,(H,20,21)/t19-/m1/s1. The Hall–Kier alpha value is -2.53. The Morgan fingerprint density at radius 3 is 2.42 bits per heavy atom. The van der Waals surface area contributed by atoms with Crippen LogP contribution >= 0.6 is 0 Å². The van der Waals surface area contributed by atoms with Crippen LogP contribution in [-0.4, -0.2) is 28.9 Å². The average Bonchev–Trinajstić information content (AvgIpc) is 2.53. The summed E-state index contributed by atoms with van der Waals surface area (Å²) in [5.74, 6) is -0.134. The fourth-order valence-electron chi connectivity index (χ4n) is 2.46. The third-order valence-electron chi connectivity index (χ3n) is 3.76. The monoisotopic (exact) mass is 330 g/mol. The first-order chi connectivity index (χ1) is 11.3. The van der Waals surface area contributed by atoms with E-state index in [0.717, 1.165) is 11.1 Å². The molecule has 5 nitrogen and oxygen atoms in total. The molecule has 2 N–H and O–H groups in total. The Kier molecular flexibility index (Phi) is 5.46. The van der Waals surface area contributed by atoms with Crippen LogP contribution in [0.5, 0.6) is 11.5 Å². The summed E-state index contributed by atoms with van der Waals surface area (Å²) in [4.78, 5) is 11.1. The highest BCUT2D eigenvalue weighted by Crippen LogP contribution is 2.34. The molecule has 2 aromatic carbocycles. The minimum absolute atomic E-state index is 0.0154. The summed E-state index contributed by atoms with van der Waals surface area (Å²) in [6.45, 7) is 3.54. The van der Waals surface area contributed by atoms with E-state index in [0.29, 0.717) is 23.7 Å². The van der Waals surface area contributed by atoms with Gasteiger partial charge in [0, 0.05) is 6.42 Å². The van der Waals surface area contributed by atoms with Gasteiger partial charge in [-0.15, -0.1) is 0 Å². The highest BCUT2D eigenvalue weighted by atomic mass is 16.5. The average molecular weight is 330 g/mol. The molecule has 128 valence electrons. The number of carbonyl (C=O) groups is 1. The summed E-state index contributed by atoms with van der Waals surface area (Å²) in [5, 5.41) is 19.0. The van der Waals surface area contributed by atoms with Gasteiger partial charge in [-0.2, -0.15) is 0 Å². The minimum atomic E-state index is -1.83. The van der Waals surface area contributed by atoms with Crippen LogP contribution in [0.15, 0.2) is 42.5 Å². The van der Waals surface area contributed by atoms with E-state index < -0.39 is 11.6 Å². The van der Waals surface area contributed by atoms with E-state index in [-0.39, 0.29) is 6.42 Å². The minimum Gasteiger partial charge on any atom is -0.493 e. The topological polar surface area (TPSA) is 76.0 Å². The number of aryl methyl sites for hydroxylation is 1. The molecule has 5 heteroatoms. The fourth-order valence-corrected chi connectivity index (χ4v) is 2.46. The van der Waals surface area contributed by atoms with Crippen molar-refractivity contribution in [1.29, 1.82) is 0 Å². The normalized spacial score (nSPS) is 13.2. The quantitative estimate of drug-likeness (QED) is 0.816. The molecule has 0 bridgehead atoms. The third-order valence-corrected chi connectivity index (χ3v) is 3.76. The molecule has 2 aromatic rings. The third kappa shape index (κ3) is 4.26. The summed E-state index contributed by atoms with van der Waals surface area (Å²) < 4.78 is 11.2. The lowest BCUT2D eigenvalue weighted by Crippen LogP contribution is -2.37. The number of hydrogen-bond acceptors (Lipinski definition) is 4. The zero-order chi connectivity index (χ0) is 17.7. The molecular weight excluding hydrogens is 308 g/mol. The maximum Gasteiger partial charge on any atom is 0.335 e. The van der Waals surface area contributed by atoms with E-state index in [1.807, 2.05) is 37.3 Å². The van der Waals surface area contributed by atoms with Gasteiger partial charge in [0.2, 0.25) is 0 Å². The van der Waals surface area contributed by atoms with Gasteiger partial charge in [-0.25, -0.2) is 4.79 Å². The molecule has 0 aliphatic carbocycles. The first-order valence-corrected chi connectivity index (χ1v) is 7.63. The predicted molar refractivity (Wildman–Crippen MR) is 90.5 cm³/mol. The van der Waals surface area contributed by atoms with Crippen LogP contribution < -0.4 is 9.47 Å². The van der Waals surface area contributed by atoms with Crippen LogP contribution in [-0.2, 0) is 17.8 Å². The molecule has 1 atom stereocenters. The number of hydrogen-bond donors (Lipinski definition) is 2. The largest absolute Gasteiger partial charge is 0.493 e.